The van der Waals surface area contributed by atoms with Gasteiger partial charge in [-0.2, -0.15) is 0 Å². The zero-order chi connectivity index (χ0) is 11.9. The van der Waals surface area contributed by atoms with E-state index in [0.717, 1.165) is 24.6 Å². The van der Waals surface area contributed by atoms with E-state index in [9.17, 15) is 4.57 Å². The van der Waals surface area contributed by atoms with Crippen LogP contribution in [0.25, 0.3) is 0 Å². The second-order valence-corrected chi connectivity index (χ2v) is 6.49. The fraction of sp³-hybridized carbons (Fsp3) is 0.538. The zero-order valence-corrected chi connectivity index (χ0v) is 11.1. The summed E-state index contributed by atoms with van der Waals surface area (Å²) in [6.07, 6.45) is 3.57. The molecule has 0 N–H and O–H groups in total. The molecule has 0 aliphatic rings. The summed E-state index contributed by atoms with van der Waals surface area (Å²) in [5, 5.41) is 0.858. The van der Waals surface area contributed by atoms with Crippen molar-refractivity contribution in [2.24, 2.45) is 0 Å². The van der Waals surface area contributed by atoms with Crippen molar-refractivity contribution in [3.05, 3.63) is 30.3 Å². The van der Waals surface area contributed by atoms with Gasteiger partial charge in [0.1, 0.15) is 0 Å². The smallest absolute Gasteiger partial charge is 0.232 e. The van der Waals surface area contributed by atoms with E-state index in [2.05, 4.69) is 6.92 Å². The molecule has 1 atom stereocenters. The maximum absolute atomic E-state index is 12.7. The van der Waals surface area contributed by atoms with Gasteiger partial charge in [0.15, 0.2) is 0 Å². The summed E-state index contributed by atoms with van der Waals surface area (Å²) in [6, 6.07) is 9.60. The Bertz CT molecular complexity index is 323. The molecule has 0 saturated carbocycles. The molecule has 0 fully saturated rings. The van der Waals surface area contributed by atoms with Gasteiger partial charge in [-0.3, -0.25) is 4.57 Å². The van der Waals surface area contributed by atoms with Crippen LogP contribution >= 0.6 is 7.37 Å². The summed E-state index contributed by atoms with van der Waals surface area (Å²) < 4.78 is 18.3. The van der Waals surface area contributed by atoms with Gasteiger partial charge < -0.3 is 4.52 Å². The van der Waals surface area contributed by atoms with Crippen LogP contribution in [0, 0.1) is 0 Å². The molecule has 1 aromatic carbocycles. The molecule has 1 rings (SSSR count). The molecule has 0 spiro atoms. The lowest BCUT2D eigenvalue weighted by molar-refractivity contribution is 0.319. The molecule has 0 aliphatic heterocycles. The average molecular weight is 240 g/mol. The third kappa shape index (κ3) is 3.77. The Kier molecular flexibility index (Phi) is 5.79. The first-order valence-electron chi connectivity index (χ1n) is 6.02. The van der Waals surface area contributed by atoms with E-state index in [1.165, 1.54) is 0 Å². The standard InChI is InChI=1S/C13H21O2P/c1-3-5-12-16(14,15-11-4-2)13-9-7-6-8-10-13/h6-10H,3-5,11-12H2,1-2H3. The fourth-order valence-corrected chi connectivity index (χ4v) is 3.90. The third-order valence-electron chi connectivity index (χ3n) is 2.46. The van der Waals surface area contributed by atoms with Crippen molar-refractivity contribution < 1.29 is 9.09 Å². The minimum Gasteiger partial charge on any atom is -0.325 e. The van der Waals surface area contributed by atoms with E-state index in [4.69, 9.17) is 4.52 Å². The van der Waals surface area contributed by atoms with Gasteiger partial charge in [0.05, 0.1) is 6.61 Å². The lowest BCUT2D eigenvalue weighted by Crippen LogP contribution is -2.10. The summed E-state index contributed by atoms with van der Waals surface area (Å²) in [4.78, 5) is 0. The molecule has 0 bridgehead atoms. The molecule has 1 aromatic rings. The Balaban J connectivity index is 2.82. The van der Waals surface area contributed by atoms with Gasteiger partial charge >= 0.3 is 0 Å². The van der Waals surface area contributed by atoms with Gasteiger partial charge in [-0.15, -0.1) is 0 Å². The van der Waals surface area contributed by atoms with E-state index in [1.54, 1.807) is 0 Å². The van der Waals surface area contributed by atoms with Crippen LogP contribution in [0.2, 0.25) is 0 Å². The molecule has 1 unspecified atom stereocenters. The quantitative estimate of drug-likeness (QED) is 0.677. The highest BCUT2D eigenvalue weighted by molar-refractivity contribution is 7.67. The van der Waals surface area contributed by atoms with Crippen molar-refractivity contribution in [2.45, 2.75) is 33.1 Å². The number of hydrogen-bond acceptors (Lipinski definition) is 2. The first-order chi connectivity index (χ1) is 7.73. The van der Waals surface area contributed by atoms with Crippen LogP contribution in [0.15, 0.2) is 30.3 Å². The van der Waals surface area contributed by atoms with Crippen molar-refractivity contribution in [3.8, 4) is 0 Å². The minimum absolute atomic E-state index is 0.579. The molecule has 16 heavy (non-hydrogen) atoms. The van der Waals surface area contributed by atoms with Crippen LogP contribution in [-0.2, 0) is 9.09 Å². The summed E-state index contributed by atoms with van der Waals surface area (Å²) in [6.45, 7) is 4.72. The van der Waals surface area contributed by atoms with Gasteiger partial charge in [-0.05, 0) is 25.0 Å². The fourth-order valence-electron chi connectivity index (χ4n) is 1.53. The zero-order valence-electron chi connectivity index (χ0n) is 10.2. The summed E-state index contributed by atoms with van der Waals surface area (Å²) >= 11 is 0. The normalized spacial score (nSPS) is 14.6. The second kappa shape index (κ2) is 6.88. The van der Waals surface area contributed by atoms with E-state index < -0.39 is 7.37 Å². The van der Waals surface area contributed by atoms with Gasteiger partial charge in [0.25, 0.3) is 0 Å². The Morgan fingerprint density at radius 1 is 1.12 bits per heavy atom. The average Bonchev–Trinajstić information content (AvgIpc) is 2.35. The Morgan fingerprint density at radius 2 is 1.81 bits per heavy atom. The largest absolute Gasteiger partial charge is 0.325 e. The van der Waals surface area contributed by atoms with Crippen LogP contribution in [-0.4, -0.2) is 12.8 Å². The highest BCUT2D eigenvalue weighted by Crippen LogP contribution is 2.46. The van der Waals surface area contributed by atoms with E-state index in [0.29, 0.717) is 12.8 Å². The number of unbranched alkanes of at least 4 members (excludes halogenated alkanes) is 1. The van der Waals surface area contributed by atoms with E-state index in [1.807, 2.05) is 37.3 Å². The van der Waals surface area contributed by atoms with Gasteiger partial charge in [-0.1, -0.05) is 38.5 Å². The van der Waals surface area contributed by atoms with Crippen molar-refractivity contribution in [3.63, 3.8) is 0 Å². The summed E-state index contributed by atoms with van der Waals surface area (Å²) in [5.74, 6) is 0. The predicted molar refractivity (Wildman–Crippen MR) is 69.7 cm³/mol. The minimum atomic E-state index is -2.60. The lowest BCUT2D eigenvalue weighted by atomic mass is 10.4. The molecule has 0 saturated heterocycles. The Morgan fingerprint density at radius 3 is 2.38 bits per heavy atom. The van der Waals surface area contributed by atoms with Gasteiger partial charge in [0.2, 0.25) is 7.37 Å². The first-order valence-corrected chi connectivity index (χ1v) is 7.83. The third-order valence-corrected chi connectivity index (χ3v) is 5.05. The SMILES string of the molecule is CCCCP(=O)(OCCC)c1ccccc1. The molecule has 90 valence electrons. The summed E-state index contributed by atoms with van der Waals surface area (Å²) in [5.41, 5.74) is 0. The highest BCUT2D eigenvalue weighted by atomic mass is 31.2. The van der Waals surface area contributed by atoms with Crippen molar-refractivity contribution in [1.82, 2.24) is 0 Å². The maximum Gasteiger partial charge on any atom is 0.232 e. The highest BCUT2D eigenvalue weighted by Gasteiger charge is 2.24. The van der Waals surface area contributed by atoms with Crippen molar-refractivity contribution in [2.75, 3.05) is 12.8 Å². The van der Waals surface area contributed by atoms with Crippen LogP contribution < -0.4 is 5.30 Å². The van der Waals surface area contributed by atoms with E-state index >= 15 is 0 Å². The van der Waals surface area contributed by atoms with Gasteiger partial charge in [-0.25, -0.2) is 0 Å². The van der Waals surface area contributed by atoms with Crippen molar-refractivity contribution in [1.29, 1.82) is 0 Å². The molecule has 0 radical (unpaired) electrons. The Labute approximate surface area is 98.5 Å². The summed E-state index contributed by atoms with van der Waals surface area (Å²) in [7, 11) is -2.60. The maximum atomic E-state index is 12.7. The van der Waals surface area contributed by atoms with Crippen LogP contribution in [0.4, 0.5) is 0 Å². The van der Waals surface area contributed by atoms with Crippen LogP contribution in [0.3, 0.4) is 0 Å². The number of benzene rings is 1. The lowest BCUT2D eigenvalue weighted by Gasteiger charge is -2.18. The first kappa shape index (κ1) is 13.5. The molecule has 0 amide bonds. The monoisotopic (exact) mass is 240 g/mol. The second-order valence-electron chi connectivity index (χ2n) is 3.92. The van der Waals surface area contributed by atoms with Crippen LogP contribution in [0.1, 0.15) is 33.1 Å². The Hall–Kier alpha value is -0.590. The molecular formula is C13H21O2P. The topological polar surface area (TPSA) is 26.3 Å². The molecule has 0 aliphatic carbocycles. The number of rotatable bonds is 7. The molecule has 3 heteroatoms. The van der Waals surface area contributed by atoms with Crippen LogP contribution in [0.5, 0.6) is 0 Å². The predicted octanol–water partition coefficient (Wildman–Crippen LogP) is 3.82. The molecule has 2 nitrogen and oxygen atoms in total. The molecule has 0 heterocycles. The van der Waals surface area contributed by atoms with Gasteiger partial charge in [0, 0.05) is 11.5 Å². The van der Waals surface area contributed by atoms with E-state index in [-0.39, 0.29) is 0 Å². The van der Waals surface area contributed by atoms with Crippen molar-refractivity contribution >= 4 is 12.7 Å². The molecule has 0 aromatic heterocycles. The molecular weight excluding hydrogens is 219 g/mol. The number of hydrogen-bond donors (Lipinski definition) is 0.